The Balaban J connectivity index is 1.80. The minimum Gasteiger partial charge on any atom is -0.342 e. The van der Waals surface area contributed by atoms with Crippen molar-refractivity contribution < 1.29 is 9.47 Å². The minimum atomic E-state index is -0.224. The van der Waals surface area contributed by atoms with Gasteiger partial charge in [-0.1, -0.05) is 32.6 Å². The maximum atomic E-state index is 6.27. The number of ether oxygens (including phenoxy) is 2. The Morgan fingerprint density at radius 2 is 1.95 bits per heavy atom. The molecule has 0 radical (unpaired) electrons. The minimum absolute atomic E-state index is 0.162. The molecule has 0 aromatic rings. The van der Waals surface area contributed by atoms with Crippen molar-refractivity contribution in [2.45, 2.75) is 77.8 Å². The van der Waals surface area contributed by atoms with Crippen LogP contribution in [0, 0.1) is 17.3 Å². The van der Waals surface area contributed by atoms with Crippen LogP contribution in [-0.2, 0) is 9.47 Å². The molecule has 21 heavy (non-hydrogen) atoms. The van der Waals surface area contributed by atoms with E-state index in [9.17, 15) is 0 Å². The van der Waals surface area contributed by atoms with Gasteiger partial charge in [-0.3, -0.25) is 0 Å². The van der Waals surface area contributed by atoms with Crippen molar-refractivity contribution in [2.24, 2.45) is 17.3 Å². The van der Waals surface area contributed by atoms with Gasteiger partial charge in [-0.15, -0.1) is 0 Å². The quantitative estimate of drug-likeness (QED) is 0.642. The van der Waals surface area contributed by atoms with E-state index in [0.717, 1.165) is 36.7 Å². The smallest absolute Gasteiger partial charge is 0.180 e. The van der Waals surface area contributed by atoms with E-state index in [4.69, 9.17) is 9.47 Å². The van der Waals surface area contributed by atoms with E-state index in [0.29, 0.717) is 5.41 Å². The third-order valence-corrected chi connectivity index (χ3v) is 6.19. The average molecular weight is 290 g/mol. The second kappa shape index (κ2) is 4.96. The van der Waals surface area contributed by atoms with E-state index in [-0.39, 0.29) is 18.0 Å². The normalized spacial score (nSPS) is 45.6. The summed E-state index contributed by atoms with van der Waals surface area (Å²) in [4.78, 5) is 0. The van der Waals surface area contributed by atoms with E-state index < -0.39 is 0 Å². The predicted octanol–water partition coefficient (Wildman–Crippen LogP) is 4.86. The number of fused-ring (bicyclic) bond motifs is 2. The lowest BCUT2D eigenvalue weighted by molar-refractivity contribution is -0.0719. The van der Waals surface area contributed by atoms with Gasteiger partial charge in [-0.25, -0.2) is 0 Å². The monoisotopic (exact) mass is 290 g/mol. The molecule has 2 aliphatic carbocycles. The maximum absolute atomic E-state index is 6.27. The zero-order valence-corrected chi connectivity index (χ0v) is 14.1. The molecule has 2 nitrogen and oxygen atoms in total. The summed E-state index contributed by atoms with van der Waals surface area (Å²) in [7, 11) is 0. The van der Waals surface area contributed by atoms with Crippen molar-refractivity contribution in [1.29, 1.82) is 0 Å². The van der Waals surface area contributed by atoms with Crippen molar-refractivity contribution in [2.75, 3.05) is 0 Å². The summed E-state index contributed by atoms with van der Waals surface area (Å²) in [6.07, 6.45) is 5.66. The van der Waals surface area contributed by atoms with Crippen molar-refractivity contribution in [1.82, 2.24) is 0 Å². The second-order valence-corrected chi connectivity index (χ2v) is 8.37. The van der Waals surface area contributed by atoms with Gasteiger partial charge in [-0.2, -0.15) is 0 Å². The highest BCUT2D eigenvalue weighted by atomic mass is 16.7. The van der Waals surface area contributed by atoms with Crippen molar-refractivity contribution >= 4 is 0 Å². The van der Waals surface area contributed by atoms with Gasteiger partial charge in [0.25, 0.3) is 0 Å². The predicted molar refractivity (Wildman–Crippen MR) is 86.0 cm³/mol. The molecule has 1 saturated heterocycles. The molecular weight excluding hydrogens is 260 g/mol. The fourth-order valence-electron chi connectivity index (χ4n) is 4.66. The van der Waals surface area contributed by atoms with Crippen LogP contribution in [0.2, 0.25) is 0 Å². The molecular formula is C19H30O2. The largest absolute Gasteiger partial charge is 0.342 e. The summed E-state index contributed by atoms with van der Waals surface area (Å²) >= 11 is 0. The highest BCUT2D eigenvalue weighted by molar-refractivity contribution is 5.15. The van der Waals surface area contributed by atoms with E-state index in [1.165, 1.54) is 18.4 Å². The lowest BCUT2D eigenvalue weighted by Gasteiger charge is -2.53. The molecule has 5 atom stereocenters. The summed E-state index contributed by atoms with van der Waals surface area (Å²) in [5, 5.41) is 0. The lowest BCUT2D eigenvalue weighted by atomic mass is 9.52. The molecule has 3 rings (SSSR count). The maximum Gasteiger partial charge on any atom is 0.180 e. The first-order valence-corrected chi connectivity index (χ1v) is 8.39. The zero-order chi connectivity index (χ0) is 15.4. The Morgan fingerprint density at radius 1 is 1.24 bits per heavy atom. The molecule has 2 saturated carbocycles. The van der Waals surface area contributed by atoms with Gasteiger partial charge in [0.05, 0.1) is 11.7 Å². The molecule has 3 aliphatic rings. The van der Waals surface area contributed by atoms with Crippen LogP contribution in [0.4, 0.5) is 0 Å². The Hall–Kier alpha value is -0.600. The molecule has 0 aromatic carbocycles. The van der Waals surface area contributed by atoms with Crippen LogP contribution in [0.25, 0.3) is 0 Å². The molecule has 118 valence electrons. The number of hydrogen-bond acceptors (Lipinski definition) is 2. The van der Waals surface area contributed by atoms with Crippen LogP contribution in [0.1, 0.15) is 59.8 Å². The van der Waals surface area contributed by atoms with Gasteiger partial charge in [0.15, 0.2) is 6.29 Å². The Morgan fingerprint density at radius 3 is 2.57 bits per heavy atom. The summed E-state index contributed by atoms with van der Waals surface area (Å²) < 4.78 is 12.4. The van der Waals surface area contributed by atoms with Gasteiger partial charge >= 0.3 is 0 Å². The van der Waals surface area contributed by atoms with Crippen molar-refractivity contribution in [3.05, 3.63) is 24.3 Å². The Kier molecular flexibility index (Phi) is 3.61. The highest BCUT2D eigenvalue weighted by Crippen LogP contribution is 2.58. The van der Waals surface area contributed by atoms with E-state index in [1.54, 1.807) is 0 Å². The summed E-state index contributed by atoms with van der Waals surface area (Å²) in [5.41, 5.74) is 2.70. The first kappa shape index (κ1) is 15.3. The standard InChI is InChI=1S/C19H30O2/c1-12(2)17-20-16-8-7-13(3)14-11-18(4,5)15(14)9-10-19(16,6)21-17/h14-17H,1,3,7-11H2,2,4-6H3/t14-,15-,16?,17?,19?/m1/s1. The summed E-state index contributed by atoms with van der Waals surface area (Å²) in [6.45, 7) is 17.4. The SMILES string of the molecule is C=C(C)C1OC2CCC(=C)[C@H]3CC(C)(C)[C@@H]3CCC2(C)O1. The van der Waals surface area contributed by atoms with Crippen LogP contribution < -0.4 is 0 Å². The molecule has 3 unspecified atom stereocenters. The number of allylic oxidation sites excluding steroid dienone is 1. The zero-order valence-electron chi connectivity index (χ0n) is 14.1. The molecule has 0 aromatic heterocycles. The molecule has 0 N–H and O–H groups in total. The number of rotatable bonds is 1. The van der Waals surface area contributed by atoms with Crippen molar-refractivity contribution in [3.8, 4) is 0 Å². The first-order valence-electron chi connectivity index (χ1n) is 8.39. The topological polar surface area (TPSA) is 18.5 Å². The van der Waals surface area contributed by atoms with Gasteiger partial charge in [0.1, 0.15) is 0 Å². The van der Waals surface area contributed by atoms with Gasteiger partial charge in [-0.05, 0) is 68.8 Å². The molecule has 2 heteroatoms. The molecule has 0 amide bonds. The Bertz CT molecular complexity index is 464. The molecule has 1 heterocycles. The van der Waals surface area contributed by atoms with Crippen LogP contribution in [-0.4, -0.2) is 18.0 Å². The highest BCUT2D eigenvalue weighted by Gasteiger charge is 2.52. The second-order valence-electron chi connectivity index (χ2n) is 8.37. The van der Waals surface area contributed by atoms with Crippen LogP contribution in [0.5, 0.6) is 0 Å². The Labute approximate surface area is 129 Å². The van der Waals surface area contributed by atoms with E-state index in [2.05, 4.69) is 33.9 Å². The third-order valence-electron chi connectivity index (χ3n) is 6.19. The van der Waals surface area contributed by atoms with Crippen LogP contribution in [0.3, 0.4) is 0 Å². The lowest BCUT2D eigenvalue weighted by Crippen LogP contribution is -2.45. The van der Waals surface area contributed by atoms with Gasteiger partial charge < -0.3 is 9.47 Å². The van der Waals surface area contributed by atoms with E-state index >= 15 is 0 Å². The molecule has 0 bridgehead atoms. The summed E-state index contributed by atoms with van der Waals surface area (Å²) in [6, 6.07) is 0. The van der Waals surface area contributed by atoms with Crippen LogP contribution >= 0.6 is 0 Å². The molecule has 0 spiro atoms. The van der Waals surface area contributed by atoms with Crippen molar-refractivity contribution in [3.63, 3.8) is 0 Å². The van der Waals surface area contributed by atoms with Crippen LogP contribution in [0.15, 0.2) is 24.3 Å². The van der Waals surface area contributed by atoms with E-state index in [1.807, 2.05) is 6.92 Å². The van der Waals surface area contributed by atoms with Gasteiger partial charge in [0.2, 0.25) is 0 Å². The van der Waals surface area contributed by atoms with Gasteiger partial charge in [0, 0.05) is 0 Å². The average Bonchev–Trinajstić information content (AvgIpc) is 2.71. The molecule has 3 fully saturated rings. The fourth-order valence-corrected chi connectivity index (χ4v) is 4.66. The fraction of sp³-hybridized carbons (Fsp3) is 0.789. The number of hydrogen-bond donors (Lipinski definition) is 0. The third kappa shape index (κ3) is 2.51. The first-order chi connectivity index (χ1) is 9.73. The summed E-state index contributed by atoms with van der Waals surface area (Å²) in [5.74, 6) is 1.48. The molecule has 1 aliphatic heterocycles.